The molecule has 0 aliphatic carbocycles. The molecule has 4 nitrogen and oxygen atoms in total. The average molecular weight is 402 g/mol. The van der Waals surface area contributed by atoms with Crippen molar-refractivity contribution >= 4 is 33.1 Å². The smallest absolute Gasteiger partial charge is 0.263 e. The topological polar surface area (TPSA) is 68.0 Å². The maximum absolute atomic E-state index is 12.8. The first-order valence-corrected chi connectivity index (χ1v) is 10.5. The Bertz CT molecular complexity index is 1150. The molecule has 4 rings (SSSR count). The third kappa shape index (κ3) is 3.74. The second-order valence-corrected chi connectivity index (χ2v) is 8.09. The number of carbonyl (C=O) groups is 1. The van der Waals surface area contributed by atoms with Crippen molar-refractivity contribution in [1.82, 2.24) is 10.3 Å². The fourth-order valence-electron chi connectivity index (χ4n) is 3.28. The summed E-state index contributed by atoms with van der Waals surface area (Å²) in [4.78, 5) is 19.0. The number of nitrogens with one attached hydrogen (secondary N) is 1. The van der Waals surface area contributed by atoms with E-state index in [1.165, 1.54) is 11.3 Å². The van der Waals surface area contributed by atoms with E-state index in [1.54, 1.807) is 0 Å². The van der Waals surface area contributed by atoms with Gasteiger partial charge < -0.3 is 11.1 Å². The van der Waals surface area contributed by atoms with E-state index in [1.807, 2.05) is 62.4 Å². The SMILES string of the molecule is CCC(C)NC(=O)c1sc2nc(-c3ccccc3)cc(-c3ccccc3)c2c1N. The Morgan fingerprint density at radius 2 is 1.69 bits per heavy atom. The Labute approximate surface area is 174 Å². The largest absolute Gasteiger partial charge is 0.397 e. The summed E-state index contributed by atoms with van der Waals surface area (Å²) < 4.78 is 0. The molecule has 4 aromatic rings. The summed E-state index contributed by atoms with van der Waals surface area (Å²) in [7, 11) is 0. The molecule has 1 atom stereocenters. The number of hydrogen-bond acceptors (Lipinski definition) is 4. The first-order valence-electron chi connectivity index (χ1n) is 9.73. The monoisotopic (exact) mass is 401 g/mol. The molecule has 5 heteroatoms. The summed E-state index contributed by atoms with van der Waals surface area (Å²) >= 11 is 1.35. The van der Waals surface area contributed by atoms with Crippen molar-refractivity contribution in [2.24, 2.45) is 0 Å². The van der Waals surface area contributed by atoms with Crippen LogP contribution in [-0.2, 0) is 0 Å². The van der Waals surface area contributed by atoms with E-state index in [9.17, 15) is 4.79 Å². The van der Waals surface area contributed by atoms with Crippen molar-refractivity contribution in [3.8, 4) is 22.4 Å². The Morgan fingerprint density at radius 1 is 1.07 bits per heavy atom. The van der Waals surface area contributed by atoms with Crippen molar-refractivity contribution in [2.75, 3.05) is 5.73 Å². The van der Waals surface area contributed by atoms with Crippen molar-refractivity contribution in [1.29, 1.82) is 0 Å². The van der Waals surface area contributed by atoms with Gasteiger partial charge in [0.25, 0.3) is 5.91 Å². The molecule has 2 aromatic heterocycles. The Hall–Kier alpha value is -3.18. The Balaban J connectivity index is 1.94. The zero-order valence-corrected chi connectivity index (χ0v) is 17.3. The summed E-state index contributed by atoms with van der Waals surface area (Å²) in [5.41, 5.74) is 10.9. The van der Waals surface area contributed by atoms with Crippen LogP contribution in [-0.4, -0.2) is 16.9 Å². The molecule has 0 aliphatic heterocycles. The zero-order chi connectivity index (χ0) is 20.4. The number of nitrogens with zero attached hydrogens (tertiary/aromatic N) is 1. The van der Waals surface area contributed by atoms with Gasteiger partial charge in [-0.05, 0) is 30.5 Å². The second kappa shape index (κ2) is 8.05. The van der Waals surface area contributed by atoms with Gasteiger partial charge in [-0.15, -0.1) is 11.3 Å². The molecule has 0 bridgehead atoms. The summed E-state index contributed by atoms with van der Waals surface area (Å²) in [5.74, 6) is -0.139. The number of hydrogen-bond donors (Lipinski definition) is 2. The van der Waals surface area contributed by atoms with Crippen molar-refractivity contribution in [2.45, 2.75) is 26.3 Å². The number of anilines is 1. The maximum atomic E-state index is 12.8. The van der Waals surface area contributed by atoms with Gasteiger partial charge in [0.1, 0.15) is 9.71 Å². The molecule has 146 valence electrons. The van der Waals surface area contributed by atoms with Crippen LogP contribution in [0.25, 0.3) is 32.6 Å². The molecular formula is C24H23N3OS. The first-order chi connectivity index (χ1) is 14.1. The number of amides is 1. The zero-order valence-electron chi connectivity index (χ0n) is 16.5. The van der Waals surface area contributed by atoms with E-state index in [4.69, 9.17) is 10.7 Å². The molecule has 1 amide bonds. The van der Waals surface area contributed by atoms with Gasteiger partial charge in [0.2, 0.25) is 0 Å². The van der Waals surface area contributed by atoms with Crippen LogP contribution in [0.3, 0.4) is 0 Å². The fourth-order valence-corrected chi connectivity index (χ4v) is 4.31. The summed E-state index contributed by atoms with van der Waals surface area (Å²) in [5, 5.41) is 3.86. The molecule has 0 fully saturated rings. The molecule has 2 heterocycles. The Kier molecular flexibility index (Phi) is 5.32. The van der Waals surface area contributed by atoms with Crippen LogP contribution in [0.5, 0.6) is 0 Å². The Morgan fingerprint density at radius 3 is 2.31 bits per heavy atom. The normalized spacial score (nSPS) is 12.1. The maximum Gasteiger partial charge on any atom is 0.263 e. The van der Waals surface area contributed by atoms with Crippen LogP contribution < -0.4 is 11.1 Å². The predicted molar refractivity (Wildman–Crippen MR) is 122 cm³/mol. The summed E-state index contributed by atoms with van der Waals surface area (Å²) in [6.07, 6.45) is 0.863. The molecule has 0 saturated heterocycles. The van der Waals surface area contributed by atoms with E-state index >= 15 is 0 Å². The van der Waals surface area contributed by atoms with E-state index in [-0.39, 0.29) is 11.9 Å². The van der Waals surface area contributed by atoms with Crippen LogP contribution in [0.1, 0.15) is 29.9 Å². The molecule has 0 radical (unpaired) electrons. The number of thiophene rings is 1. The molecule has 1 unspecified atom stereocenters. The van der Waals surface area contributed by atoms with Crippen LogP contribution in [0, 0.1) is 0 Å². The lowest BCUT2D eigenvalue weighted by molar-refractivity contribution is 0.0944. The highest BCUT2D eigenvalue weighted by molar-refractivity contribution is 7.21. The van der Waals surface area contributed by atoms with Crippen molar-refractivity contribution < 1.29 is 4.79 Å². The lowest BCUT2D eigenvalue weighted by Gasteiger charge is -2.11. The number of carbonyl (C=O) groups excluding carboxylic acids is 1. The molecule has 3 N–H and O–H groups in total. The standard InChI is InChI=1S/C24H23N3OS/c1-3-15(2)26-23(28)22-21(25)20-18(16-10-6-4-7-11-16)14-19(27-24(20)29-22)17-12-8-5-9-13-17/h4-15H,3,25H2,1-2H3,(H,26,28). The molecule has 0 spiro atoms. The van der Waals surface area contributed by atoms with E-state index in [0.717, 1.165) is 39.0 Å². The third-order valence-electron chi connectivity index (χ3n) is 5.05. The highest BCUT2D eigenvalue weighted by atomic mass is 32.1. The lowest BCUT2D eigenvalue weighted by Crippen LogP contribution is -2.31. The van der Waals surface area contributed by atoms with Gasteiger partial charge in [-0.25, -0.2) is 4.98 Å². The minimum atomic E-state index is -0.139. The van der Waals surface area contributed by atoms with Crippen LogP contribution in [0.4, 0.5) is 5.69 Å². The number of pyridine rings is 1. The van der Waals surface area contributed by atoms with Crippen LogP contribution in [0.2, 0.25) is 0 Å². The van der Waals surface area contributed by atoms with Crippen molar-refractivity contribution in [3.63, 3.8) is 0 Å². The molecule has 2 aromatic carbocycles. The molecular weight excluding hydrogens is 378 g/mol. The van der Waals surface area contributed by atoms with Gasteiger partial charge in [-0.1, -0.05) is 67.6 Å². The quantitative estimate of drug-likeness (QED) is 0.448. The number of benzene rings is 2. The average Bonchev–Trinajstić information content (AvgIpc) is 3.11. The molecule has 0 saturated carbocycles. The number of nitrogens with two attached hydrogens (primary N) is 1. The van der Waals surface area contributed by atoms with Gasteiger partial charge >= 0.3 is 0 Å². The highest BCUT2D eigenvalue weighted by Crippen LogP contribution is 2.41. The highest BCUT2D eigenvalue weighted by Gasteiger charge is 2.22. The van der Waals surface area contributed by atoms with Gasteiger partial charge in [0, 0.05) is 17.0 Å². The predicted octanol–water partition coefficient (Wildman–Crippen LogP) is 5.74. The van der Waals surface area contributed by atoms with Crippen LogP contribution >= 0.6 is 11.3 Å². The van der Waals surface area contributed by atoms with E-state index in [2.05, 4.69) is 23.5 Å². The number of nitrogen functional groups attached to an aromatic ring is 1. The molecule has 29 heavy (non-hydrogen) atoms. The number of rotatable bonds is 5. The van der Waals surface area contributed by atoms with Gasteiger partial charge in [-0.2, -0.15) is 0 Å². The summed E-state index contributed by atoms with van der Waals surface area (Å²) in [6.45, 7) is 4.03. The van der Waals surface area contributed by atoms with Gasteiger partial charge in [-0.3, -0.25) is 4.79 Å². The van der Waals surface area contributed by atoms with Crippen molar-refractivity contribution in [3.05, 3.63) is 71.6 Å². The fraction of sp³-hybridized carbons (Fsp3) is 0.167. The minimum absolute atomic E-state index is 0.0912. The van der Waals surface area contributed by atoms with Crippen LogP contribution in [0.15, 0.2) is 66.7 Å². The number of fused-ring (bicyclic) bond motifs is 1. The second-order valence-electron chi connectivity index (χ2n) is 7.09. The third-order valence-corrected chi connectivity index (χ3v) is 6.15. The van der Waals surface area contributed by atoms with Gasteiger partial charge in [0.15, 0.2) is 0 Å². The van der Waals surface area contributed by atoms with E-state index < -0.39 is 0 Å². The number of aromatic nitrogens is 1. The first kappa shape index (κ1) is 19.2. The van der Waals surface area contributed by atoms with Gasteiger partial charge in [0.05, 0.1) is 11.4 Å². The lowest BCUT2D eigenvalue weighted by atomic mass is 9.99. The van der Waals surface area contributed by atoms with E-state index in [0.29, 0.717) is 10.6 Å². The molecule has 0 aliphatic rings. The summed E-state index contributed by atoms with van der Waals surface area (Å²) in [6, 6.07) is 22.3. The minimum Gasteiger partial charge on any atom is -0.397 e.